The molecule has 4 aliphatic carbocycles. The van der Waals surface area contributed by atoms with Gasteiger partial charge in [0.15, 0.2) is 0 Å². The number of ketones is 1. The van der Waals surface area contributed by atoms with Crippen molar-refractivity contribution in [3.8, 4) is 0 Å². The third-order valence-corrected chi connectivity index (χ3v) is 9.80. The summed E-state index contributed by atoms with van der Waals surface area (Å²) in [5, 5.41) is 10.7. The highest BCUT2D eigenvalue weighted by molar-refractivity contribution is 5.79. The third-order valence-electron chi connectivity index (χ3n) is 9.80. The van der Waals surface area contributed by atoms with Crippen molar-refractivity contribution in [2.24, 2.45) is 46.3 Å². The molecule has 0 aromatic carbocycles. The van der Waals surface area contributed by atoms with Gasteiger partial charge in [0.1, 0.15) is 5.78 Å². The summed E-state index contributed by atoms with van der Waals surface area (Å²) in [6.07, 6.45) is 9.38. The first-order chi connectivity index (χ1) is 11.6. The van der Waals surface area contributed by atoms with E-state index < -0.39 is 5.60 Å². The second-order valence-electron chi connectivity index (χ2n) is 11.2. The van der Waals surface area contributed by atoms with Crippen LogP contribution in [0, 0.1) is 46.3 Å². The van der Waals surface area contributed by atoms with E-state index in [1.165, 1.54) is 32.1 Å². The van der Waals surface area contributed by atoms with Crippen LogP contribution in [0.2, 0.25) is 0 Å². The van der Waals surface area contributed by atoms with E-state index in [-0.39, 0.29) is 5.41 Å². The van der Waals surface area contributed by atoms with Gasteiger partial charge in [-0.1, -0.05) is 20.8 Å². The molecule has 4 rings (SSSR count). The van der Waals surface area contributed by atoms with Crippen LogP contribution in [0.5, 0.6) is 0 Å². The van der Waals surface area contributed by atoms with Crippen LogP contribution < -0.4 is 0 Å². The first kappa shape index (κ1) is 18.0. The number of hydrogen-bond donors (Lipinski definition) is 1. The molecule has 9 atom stereocenters. The Labute approximate surface area is 154 Å². The molecule has 2 heteroatoms. The summed E-state index contributed by atoms with van der Waals surface area (Å²) in [6.45, 7) is 11.4. The highest BCUT2D eigenvalue weighted by Gasteiger charge is 2.62. The van der Waals surface area contributed by atoms with Gasteiger partial charge in [-0.2, -0.15) is 0 Å². The fourth-order valence-electron chi connectivity index (χ4n) is 8.48. The van der Waals surface area contributed by atoms with Gasteiger partial charge in [0, 0.05) is 5.92 Å². The molecule has 0 aliphatic heterocycles. The quantitative estimate of drug-likeness (QED) is 0.706. The summed E-state index contributed by atoms with van der Waals surface area (Å²) in [5.74, 6) is 4.52. The molecule has 1 unspecified atom stereocenters. The van der Waals surface area contributed by atoms with Crippen molar-refractivity contribution in [1.82, 2.24) is 0 Å². The molecule has 142 valence electrons. The number of Topliss-reactive ketones (excluding diaryl/α,β-unsaturated/α-hetero) is 1. The van der Waals surface area contributed by atoms with Crippen molar-refractivity contribution >= 4 is 5.78 Å². The van der Waals surface area contributed by atoms with Crippen LogP contribution in [0.25, 0.3) is 0 Å². The SMILES string of the molecule is CC(=O)[C@H]1CC[C@H]2C3[C@H](C)C[C@H]4C[C@](C)(O)CC[C@]4(C)[C@H]3CC[C@]12C. The smallest absolute Gasteiger partial charge is 0.133 e. The molecule has 0 aromatic rings. The van der Waals surface area contributed by atoms with Gasteiger partial charge in [-0.15, -0.1) is 0 Å². The van der Waals surface area contributed by atoms with Crippen LogP contribution in [0.15, 0.2) is 0 Å². The summed E-state index contributed by atoms with van der Waals surface area (Å²) in [6, 6.07) is 0. The Hall–Kier alpha value is -0.370. The Balaban J connectivity index is 1.66. The second-order valence-corrected chi connectivity index (χ2v) is 11.2. The minimum Gasteiger partial charge on any atom is -0.390 e. The van der Waals surface area contributed by atoms with Gasteiger partial charge in [-0.25, -0.2) is 0 Å². The number of fused-ring (bicyclic) bond motifs is 5. The summed E-state index contributed by atoms with van der Waals surface area (Å²) in [4.78, 5) is 12.3. The van der Waals surface area contributed by atoms with Gasteiger partial charge in [0.05, 0.1) is 5.60 Å². The number of rotatable bonds is 1. The predicted molar refractivity (Wildman–Crippen MR) is 101 cm³/mol. The van der Waals surface area contributed by atoms with Crippen LogP contribution in [0.1, 0.15) is 86.0 Å². The van der Waals surface area contributed by atoms with Gasteiger partial charge < -0.3 is 5.11 Å². The molecule has 0 radical (unpaired) electrons. The Morgan fingerprint density at radius 3 is 2.32 bits per heavy atom. The van der Waals surface area contributed by atoms with E-state index >= 15 is 0 Å². The van der Waals surface area contributed by atoms with E-state index in [9.17, 15) is 9.90 Å². The van der Waals surface area contributed by atoms with E-state index in [4.69, 9.17) is 0 Å². The van der Waals surface area contributed by atoms with E-state index in [0.29, 0.717) is 23.0 Å². The summed E-state index contributed by atoms with van der Waals surface area (Å²) in [7, 11) is 0. The first-order valence-electron chi connectivity index (χ1n) is 10.8. The van der Waals surface area contributed by atoms with Crippen molar-refractivity contribution in [2.45, 2.75) is 91.6 Å². The fourth-order valence-corrected chi connectivity index (χ4v) is 8.48. The Bertz CT molecular complexity index is 566. The first-order valence-corrected chi connectivity index (χ1v) is 10.8. The summed E-state index contributed by atoms with van der Waals surface area (Å²) < 4.78 is 0. The molecule has 0 spiro atoms. The van der Waals surface area contributed by atoms with Gasteiger partial charge in [0.2, 0.25) is 0 Å². The largest absolute Gasteiger partial charge is 0.390 e. The minimum atomic E-state index is -0.451. The summed E-state index contributed by atoms with van der Waals surface area (Å²) in [5.41, 5.74) is 0.215. The number of carbonyl (C=O) groups is 1. The highest BCUT2D eigenvalue weighted by atomic mass is 16.3. The zero-order valence-corrected chi connectivity index (χ0v) is 17.0. The maximum atomic E-state index is 12.3. The van der Waals surface area contributed by atoms with Crippen molar-refractivity contribution in [3.05, 3.63) is 0 Å². The van der Waals surface area contributed by atoms with Crippen LogP contribution >= 0.6 is 0 Å². The molecule has 0 heterocycles. The van der Waals surface area contributed by atoms with Crippen LogP contribution in [-0.2, 0) is 4.79 Å². The average molecular weight is 347 g/mol. The normalized spacial score (nSPS) is 58.2. The molecule has 4 fully saturated rings. The molecule has 0 saturated heterocycles. The molecule has 0 bridgehead atoms. The standard InChI is InChI=1S/C23H38O2/c1-14-12-16-13-21(3,25)10-11-22(16,4)19-8-9-23(5)17(15(2)24)6-7-18(23)20(14)19/h14,16-20,25H,6-13H2,1-5H3/t14-,16+,17-,18+,19+,20?,21-,22+,23-/m1/s1. The Kier molecular flexibility index (Phi) is 4.01. The molecule has 4 saturated carbocycles. The van der Waals surface area contributed by atoms with Gasteiger partial charge in [-0.05, 0) is 106 Å². The lowest BCUT2D eigenvalue weighted by atomic mass is 9.42. The molecule has 2 nitrogen and oxygen atoms in total. The zero-order chi connectivity index (χ0) is 18.2. The minimum absolute atomic E-state index is 0.255. The summed E-state index contributed by atoms with van der Waals surface area (Å²) >= 11 is 0. The molecule has 4 aliphatic rings. The molecule has 0 amide bonds. The topological polar surface area (TPSA) is 37.3 Å². The average Bonchev–Trinajstić information content (AvgIpc) is 2.86. The van der Waals surface area contributed by atoms with E-state index in [0.717, 1.165) is 42.9 Å². The Morgan fingerprint density at radius 1 is 0.960 bits per heavy atom. The molecule has 25 heavy (non-hydrogen) atoms. The van der Waals surface area contributed by atoms with Crippen LogP contribution in [0.4, 0.5) is 0 Å². The molecule has 1 N–H and O–H groups in total. The zero-order valence-electron chi connectivity index (χ0n) is 17.0. The van der Waals surface area contributed by atoms with E-state index in [1.807, 2.05) is 6.92 Å². The molecule has 0 aromatic heterocycles. The second kappa shape index (κ2) is 5.57. The Morgan fingerprint density at radius 2 is 1.64 bits per heavy atom. The van der Waals surface area contributed by atoms with Crippen molar-refractivity contribution in [2.75, 3.05) is 0 Å². The van der Waals surface area contributed by atoms with Gasteiger partial charge in [-0.3, -0.25) is 4.79 Å². The number of hydrogen-bond acceptors (Lipinski definition) is 2. The number of carbonyl (C=O) groups excluding carboxylic acids is 1. The third kappa shape index (κ3) is 2.49. The van der Waals surface area contributed by atoms with Crippen LogP contribution in [-0.4, -0.2) is 16.5 Å². The lowest BCUT2D eigenvalue weighted by molar-refractivity contribution is -0.165. The maximum absolute atomic E-state index is 12.3. The lowest BCUT2D eigenvalue weighted by Crippen LogP contribution is -2.57. The van der Waals surface area contributed by atoms with Crippen molar-refractivity contribution in [3.63, 3.8) is 0 Å². The highest BCUT2D eigenvalue weighted by Crippen LogP contribution is 2.69. The van der Waals surface area contributed by atoms with Crippen LogP contribution in [0.3, 0.4) is 0 Å². The monoisotopic (exact) mass is 346 g/mol. The van der Waals surface area contributed by atoms with E-state index in [1.54, 1.807) is 0 Å². The van der Waals surface area contributed by atoms with Gasteiger partial charge in [0.25, 0.3) is 0 Å². The number of aliphatic hydroxyl groups is 1. The fraction of sp³-hybridized carbons (Fsp3) is 0.957. The molecular weight excluding hydrogens is 308 g/mol. The van der Waals surface area contributed by atoms with E-state index in [2.05, 4.69) is 27.7 Å². The lowest BCUT2D eigenvalue weighted by Gasteiger charge is -2.63. The molecular formula is C23H38O2. The predicted octanol–water partition coefficient (Wildman–Crippen LogP) is 5.23. The van der Waals surface area contributed by atoms with Crippen molar-refractivity contribution < 1.29 is 9.90 Å². The van der Waals surface area contributed by atoms with Gasteiger partial charge >= 0.3 is 0 Å². The maximum Gasteiger partial charge on any atom is 0.133 e. The van der Waals surface area contributed by atoms with Crippen molar-refractivity contribution in [1.29, 1.82) is 0 Å².